The van der Waals surface area contributed by atoms with Gasteiger partial charge in [0.25, 0.3) is 5.91 Å². The Bertz CT molecular complexity index is 616. The molecule has 8 heteroatoms. The summed E-state index contributed by atoms with van der Waals surface area (Å²) >= 11 is 0. The smallest absolute Gasteiger partial charge is 0.278 e. The highest BCUT2D eigenvalue weighted by molar-refractivity contribution is 6.01. The van der Waals surface area contributed by atoms with Crippen molar-refractivity contribution in [2.45, 2.75) is 6.92 Å². The highest BCUT2D eigenvalue weighted by atomic mass is 16.5. The normalized spacial score (nSPS) is 10.0. The third kappa shape index (κ3) is 3.12. The van der Waals surface area contributed by atoms with E-state index in [0.29, 0.717) is 11.6 Å². The highest BCUT2D eigenvalue weighted by Crippen LogP contribution is 2.11. The summed E-state index contributed by atoms with van der Waals surface area (Å²) in [5, 5.41) is 2.50. The number of ether oxygens (including phenoxy) is 1. The molecule has 0 unspecified atom stereocenters. The molecular formula is C11H12N6O2. The van der Waals surface area contributed by atoms with E-state index in [1.807, 2.05) is 0 Å². The third-order valence-corrected chi connectivity index (χ3v) is 2.15. The number of nitrogens with zero attached hydrogens (tertiary/aromatic N) is 4. The van der Waals surface area contributed by atoms with Crippen LogP contribution in [0.25, 0.3) is 0 Å². The van der Waals surface area contributed by atoms with Crippen LogP contribution in [0, 0.1) is 6.92 Å². The number of anilines is 2. The maximum absolute atomic E-state index is 11.9. The van der Waals surface area contributed by atoms with Crippen molar-refractivity contribution < 1.29 is 9.53 Å². The maximum atomic E-state index is 11.9. The van der Waals surface area contributed by atoms with Crippen LogP contribution >= 0.6 is 0 Å². The quantitative estimate of drug-likeness (QED) is 0.821. The summed E-state index contributed by atoms with van der Waals surface area (Å²) in [6, 6.07) is 1.65. The minimum atomic E-state index is -0.493. The van der Waals surface area contributed by atoms with E-state index >= 15 is 0 Å². The molecule has 2 aromatic rings. The van der Waals surface area contributed by atoms with Crippen molar-refractivity contribution in [2.75, 3.05) is 18.2 Å². The Balaban J connectivity index is 2.21. The van der Waals surface area contributed by atoms with Gasteiger partial charge in [0.2, 0.25) is 11.8 Å². The molecule has 8 nitrogen and oxygen atoms in total. The lowest BCUT2D eigenvalue weighted by Gasteiger charge is -2.06. The Morgan fingerprint density at radius 2 is 2.11 bits per heavy atom. The van der Waals surface area contributed by atoms with Gasteiger partial charge in [0, 0.05) is 11.8 Å². The lowest BCUT2D eigenvalue weighted by Crippen LogP contribution is -2.17. The zero-order valence-electron chi connectivity index (χ0n) is 10.4. The third-order valence-electron chi connectivity index (χ3n) is 2.15. The molecule has 0 aliphatic heterocycles. The number of rotatable bonds is 3. The van der Waals surface area contributed by atoms with Gasteiger partial charge in [0.1, 0.15) is 11.5 Å². The number of nitrogens with one attached hydrogen (secondary N) is 1. The van der Waals surface area contributed by atoms with E-state index in [1.165, 1.54) is 19.5 Å². The van der Waals surface area contributed by atoms with Gasteiger partial charge in [-0.05, 0) is 6.92 Å². The van der Waals surface area contributed by atoms with Gasteiger partial charge in [0.15, 0.2) is 0 Å². The summed E-state index contributed by atoms with van der Waals surface area (Å²) in [4.78, 5) is 27.6. The molecule has 0 spiro atoms. The number of nitrogens with two attached hydrogens (primary N) is 1. The zero-order valence-corrected chi connectivity index (χ0v) is 10.4. The van der Waals surface area contributed by atoms with Gasteiger partial charge < -0.3 is 10.5 Å². The predicted octanol–water partition coefficient (Wildman–Crippen LogP) is 0.418. The van der Waals surface area contributed by atoms with Crippen molar-refractivity contribution in [1.82, 2.24) is 19.9 Å². The van der Waals surface area contributed by atoms with Crippen LogP contribution in [0.4, 0.5) is 11.8 Å². The van der Waals surface area contributed by atoms with Gasteiger partial charge in [-0.3, -0.25) is 15.1 Å². The van der Waals surface area contributed by atoms with Gasteiger partial charge in [-0.1, -0.05) is 0 Å². The van der Waals surface area contributed by atoms with Gasteiger partial charge in [0.05, 0.1) is 19.5 Å². The van der Waals surface area contributed by atoms with Crippen molar-refractivity contribution in [3.8, 4) is 5.88 Å². The lowest BCUT2D eigenvalue weighted by molar-refractivity contribution is 0.102. The molecular weight excluding hydrogens is 248 g/mol. The van der Waals surface area contributed by atoms with Crippen LogP contribution in [0.5, 0.6) is 5.88 Å². The van der Waals surface area contributed by atoms with Crippen LogP contribution in [0.3, 0.4) is 0 Å². The van der Waals surface area contributed by atoms with Crippen molar-refractivity contribution in [3.05, 3.63) is 29.8 Å². The van der Waals surface area contributed by atoms with E-state index in [9.17, 15) is 4.79 Å². The average Bonchev–Trinajstić information content (AvgIpc) is 2.38. The minimum Gasteiger partial charge on any atom is -0.481 e. The topological polar surface area (TPSA) is 116 Å². The maximum Gasteiger partial charge on any atom is 0.278 e. The highest BCUT2D eigenvalue weighted by Gasteiger charge is 2.11. The number of methoxy groups -OCH3 is 1. The summed E-state index contributed by atoms with van der Waals surface area (Å²) in [5.41, 5.74) is 6.21. The molecule has 19 heavy (non-hydrogen) atoms. The number of aryl methyl sites for hydroxylation is 1. The van der Waals surface area contributed by atoms with Crippen LogP contribution in [0.15, 0.2) is 18.5 Å². The molecule has 0 saturated heterocycles. The molecule has 0 fully saturated rings. The Kier molecular flexibility index (Phi) is 3.51. The molecule has 0 atom stereocenters. The van der Waals surface area contributed by atoms with E-state index < -0.39 is 5.91 Å². The lowest BCUT2D eigenvalue weighted by atomic mass is 10.4. The van der Waals surface area contributed by atoms with Crippen molar-refractivity contribution in [2.24, 2.45) is 0 Å². The molecule has 0 aromatic carbocycles. The SMILES string of the molecule is COc1cc(C)nc(NC(=O)c2cncc(N)n2)n1. The number of hydrogen-bond acceptors (Lipinski definition) is 7. The van der Waals surface area contributed by atoms with E-state index in [2.05, 4.69) is 25.3 Å². The number of carbonyl (C=O) groups excluding carboxylic acids is 1. The molecule has 0 bridgehead atoms. The number of nitrogen functional groups attached to an aromatic ring is 1. The number of carbonyl (C=O) groups is 1. The molecule has 1 amide bonds. The summed E-state index contributed by atoms with van der Waals surface area (Å²) in [5.74, 6) is 0.162. The van der Waals surface area contributed by atoms with E-state index in [1.54, 1.807) is 13.0 Å². The van der Waals surface area contributed by atoms with Gasteiger partial charge in [-0.25, -0.2) is 9.97 Å². The molecule has 3 N–H and O–H groups in total. The zero-order chi connectivity index (χ0) is 13.8. The molecule has 2 heterocycles. The minimum absolute atomic E-state index is 0.0871. The monoisotopic (exact) mass is 260 g/mol. The molecule has 2 rings (SSSR count). The standard InChI is InChI=1S/C11H12N6O2/c1-6-3-9(19-2)16-11(14-6)17-10(18)7-4-13-5-8(12)15-7/h3-5H,1-2H3,(H2,12,15)(H,14,16,17,18). The summed E-state index contributed by atoms with van der Waals surface area (Å²) in [6.45, 7) is 1.76. The fourth-order valence-corrected chi connectivity index (χ4v) is 1.36. The van der Waals surface area contributed by atoms with Crippen molar-refractivity contribution >= 4 is 17.7 Å². The second-order valence-electron chi connectivity index (χ2n) is 3.66. The Morgan fingerprint density at radius 1 is 1.32 bits per heavy atom. The first-order valence-electron chi connectivity index (χ1n) is 5.37. The summed E-state index contributed by atoms with van der Waals surface area (Å²) < 4.78 is 4.99. The fourth-order valence-electron chi connectivity index (χ4n) is 1.36. The van der Waals surface area contributed by atoms with Gasteiger partial charge in [-0.2, -0.15) is 4.98 Å². The van der Waals surface area contributed by atoms with Crippen LogP contribution in [0.1, 0.15) is 16.2 Å². The first-order valence-corrected chi connectivity index (χ1v) is 5.37. The summed E-state index contributed by atoms with van der Waals surface area (Å²) in [7, 11) is 1.48. The molecule has 2 aromatic heterocycles. The van der Waals surface area contributed by atoms with Crippen LogP contribution in [0.2, 0.25) is 0 Å². The molecule has 0 saturated carbocycles. The fraction of sp³-hybridized carbons (Fsp3) is 0.182. The van der Waals surface area contributed by atoms with Gasteiger partial charge >= 0.3 is 0 Å². The predicted molar refractivity (Wildman–Crippen MR) is 67.7 cm³/mol. The molecule has 0 radical (unpaired) electrons. The number of hydrogen-bond donors (Lipinski definition) is 2. The Hall–Kier alpha value is -2.77. The van der Waals surface area contributed by atoms with Crippen LogP contribution < -0.4 is 15.8 Å². The van der Waals surface area contributed by atoms with E-state index in [0.717, 1.165) is 0 Å². The Labute approximate surface area is 109 Å². The van der Waals surface area contributed by atoms with Crippen molar-refractivity contribution in [1.29, 1.82) is 0 Å². The van der Waals surface area contributed by atoms with Crippen LogP contribution in [-0.2, 0) is 0 Å². The second kappa shape index (κ2) is 5.25. The largest absolute Gasteiger partial charge is 0.481 e. The first-order chi connectivity index (χ1) is 9.08. The van der Waals surface area contributed by atoms with E-state index in [4.69, 9.17) is 10.5 Å². The average molecular weight is 260 g/mol. The van der Waals surface area contributed by atoms with Gasteiger partial charge in [-0.15, -0.1) is 0 Å². The summed E-state index contributed by atoms with van der Waals surface area (Å²) in [6.07, 6.45) is 2.65. The molecule has 0 aliphatic carbocycles. The number of aromatic nitrogens is 4. The first kappa shape index (κ1) is 12.7. The molecule has 0 aliphatic rings. The second-order valence-corrected chi connectivity index (χ2v) is 3.66. The van der Waals surface area contributed by atoms with Crippen molar-refractivity contribution in [3.63, 3.8) is 0 Å². The molecule has 98 valence electrons. The Morgan fingerprint density at radius 3 is 2.79 bits per heavy atom. The van der Waals surface area contributed by atoms with Crippen LogP contribution in [-0.4, -0.2) is 33.0 Å². The number of amides is 1. The van der Waals surface area contributed by atoms with E-state index in [-0.39, 0.29) is 17.5 Å².